The molecule has 0 atom stereocenters. The number of fused-ring (bicyclic) bond motifs is 1. The average Bonchev–Trinajstić information content (AvgIpc) is 3.54. The van der Waals surface area contributed by atoms with Crippen molar-refractivity contribution in [2.45, 2.75) is 12.8 Å². The van der Waals surface area contributed by atoms with Crippen molar-refractivity contribution in [2.24, 2.45) is 5.10 Å². The number of halogens is 1. The van der Waals surface area contributed by atoms with Crippen LogP contribution in [0.3, 0.4) is 0 Å². The van der Waals surface area contributed by atoms with Crippen LogP contribution in [-0.2, 0) is 9.59 Å². The van der Waals surface area contributed by atoms with Gasteiger partial charge in [-0.3, -0.25) is 19.3 Å². The largest absolute Gasteiger partial charge is 0.463 e. The number of hydrogen-bond acceptors (Lipinski definition) is 7. The third-order valence-electron chi connectivity index (χ3n) is 4.96. The lowest BCUT2D eigenvalue weighted by atomic mass is 10.1. The van der Waals surface area contributed by atoms with Gasteiger partial charge in [-0.2, -0.15) is 10.1 Å². The second-order valence-corrected chi connectivity index (χ2v) is 9.08. The van der Waals surface area contributed by atoms with Gasteiger partial charge in [-0.05, 0) is 48.5 Å². The molecule has 0 aliphatic carbocycles. The van der Waals surface area contributed by atoms with E-state index >= 15 is 0 Å². The first kappa shape index (κ1) is 21.2. The molecule has 2 aromatic heterocycles. The van der Waals surface area contributed by atoms with E-state index in [1.165, 1.54) is 34.9 Å². The lowest BCUT2D eigenvalue weighted by Gasteiger charge is -2.17. The van der Waals surface area contributed by atoms with Crippen LogP contribution < -0.4 is 9.91 Å². The highest BCUT2D eigenvalue weighted by atomic mass is 79.9. The lowest BCUT2D eigenvalue weighted by molar-refractivity contribution is -0.121. The molecule has 10 heteroatoms. The van der Waals surface area contributed by atoms with E-state index < -0.39 is 5.91 Å². The molecule has 0 radical (unpaired) electrons. The van der Waals surface area contributed by atoms with Crippen LogP contribution in [0.25, 0.3) is 10.2 Å². The molecule has 3 heterocycles. The third kappa shape index (κ3) is 4.22. The van der Waals surface area contributed by atoms with Crippen molar-refractivity contribution in [1.82, 2.24) is 4.98 Å². The Kier molecular flexibility index (Phi) is 5.61. The minimum Gasteiger partial charge on any atom is -0.463 e. The number of carbonyl (C=O) groups is 3. The van der Waals surface area contributed by atoms with Gasteiger partial charge >= 0.3 is 0 Å². The summed E-state index contributed by atoms with van der Waals surface area (Å²) >= 11 is 4.76. The fourth-order valence-electron chi connectivity index (χ4n) is 3.41. The lowest BCUT2D eigenvalue weighted by Crippen LogP contribution is -2.29. The first-order valence-electron chi connectivity index (χ1n) is 9.93. The fraction of sp³-hybridized carbons (Fsp3) is 0.0870. The molecule has 0 unspecified atom stereocenters. The third-order valence-corrected chi connectivity index (χ3v) is 6.45. The maximum absolute atomic E-state index is 13.5. The zero-order valence-corrected chi connectivity index (χ0v) is 19.4. The van der Waals surface area contributed by atoms with Crippen LogP contribution in [0.4, 0.5) is 10.8 Å². The molecule has 1 aliphatic heterocycles. The highest BCUT2D eigenvalue weighted by Crippen LogP contribution is 2.32. The Morgan fingerprint density at radius 2 is 1.94 bits per heavy atom. The summed E-state index contributed by atoms with van der Waals surface area (Å²) in [6.07, 6.45) is 3.27. The molecule has 3 amide bonds. The van der Waals surface area contributed by atoms with Crippen LogP contribution in [0.5, 0.6) is 0 Å². The van der Waals surface area contributed by atoms with Crippen LogP contribution in [-0.4, -0.2) is 28.9 Å². The Labute approximate surface area is 200 Å². The van der Waals surface area contributed by atoms with Gasteiger partial charge in [0.1, 0.15) is 5.76 Å². The van der Waals surface area contributed by atoms with Gasteiger partial charge in [-0.15, -0.1) is 0 Å². The Morgan fingerprint density at radius 1 is 1.12 bits per heavy atom. The monoisotopic (exact) mass is 522 g/mol. The minimum absolute atomic E-state index is 0.165. The van der Waals surface area contributed by atoms with Crippen molar-refractivity contribution in [3.8, 4) is 0 Å². The Bertz CT molecular complexity index is 1400. The number of benzene rings is 2. The van der Waals surface area contributed by atoms with Gasteiger partial charge < -0.3 is 4.42 Å². The molecule has 1 saturated heterocycles. The number of imide groups is 1. The zero-order valence-electron chi connectivity index (χ0n) is 17.0. The number of nitrogens with zero attached hydrogens (tertiary/aromatic N) is 4. The van der Waals surface area contributed by atoms with Gasteiger partial charge in [0.05, 0.1) is 28.4 Å². The van der Waals surface area contributed by atoms with E-state index in [0.717, 1.165) is 19.6 Å². The minimum atomic E-state index is -0.461. The SMILES string of the molecule is O=C(c1cccc(N2C(=O)CCC2=O)c1)N(/N=C/c1ccco1)c1nc2ccc(Br)cc2s1. The van der Waals surface area contributed by atoms with Crippen LogP contribution in [0.15, 0.2) is 74.9 Å². The van der Waals surface area contributed by atoms with Crippen LogP contribution in [0.1, 0.15) is 29.0 Å². The average molecular weight is 523 g/mol. The maximum atomic E-state index is 13.5. The van der Waals surface area contributed by atoms with E-state index in [-0.39, 0.29) is 30.2 Å². The molecular weight excluding hydrogens is 508 g/mol. The van der Waals surface area contributed by atoms with Crippen LogP contribution in [0, 0.1) is 0 Å². The van der Waals surface area contributed by atoms with Crippen molar-refractivity contribution in [3.63, 3.8) is 0 Å². The van der Waals surface area contributed by atoms with Crippen molar-refractivity contribution in [1.29, 1.82) is 0 Å². The van der Waals surface area contributed by atoms with E-state index in [2.05, 4.69) is 26.0 Å². The Hall–Kier alpha value is -3.63. The highest BCUT2D eigenvalue weighted by molar-refractivity contribution is 9.10. The molecule has 33 heavy (non-hydrogen) atoms. The highest BCUT2D eigenvalue weighted by Gasteiger charge is 2.31. The summed E-state index contributed by atoms with van der Waals surface area (Å²) in [5, 5.41) is 5.90. The van der Waals surface area contributed by atoms with E-state index in [4.69, 9.17) is 4.42 Å². The summed E-state index contributed by atoms with van der Waals surface area (Å²) in [7, 11) is 0. The molecule has 4 aromatic rings. The molecule has 1 aliphatic rings. The number of rotatable bonds is 5. The number of aromatic nitrogens is 1. The fourth-order valence-corrected chi connectivity index (χ4v) is 4.88. The molecule has 2 aromatic carbocycles. The number of furan rings is 1. The van der Waals surface area contributed by atoms with Crippen LogP contribution >= 0.6 is 27.3 Å². The van der Waals surface area contributed by atoms with Crippen molar-refractivity contribution < 1.29 is 18.8 Å². The molecule has 1 fully saturated rings. The maximum Gasteiger partial charge on any atom is 0.280 e. The number of amides is 3. The zero-order chi connectivity index (χ0) is 22.9. The van der Waals surface area contributed by atoms with E-state index in [0.29, 0.717) is 16.6 Å². The predicted molar refractivity (Wildman–Crippen MR) is 129 cm³/mol. The molecular formula is C23H15BrN4O4S. The normalized spacial score (nSPS) is 14.0. The Morgan fingerprint density at radius 3 is 2.70 bits per heavy atom. The molecule has 8 nitrogen and oxygen atoms in total. The van der Waals surface area contributed by atoms with Gasteiger partial charge in [0.2, 0.25) is 16.9 Å². The second kappa shape index (κ2) is 8.72. The molecule has 0 spiro atoms. The van der Waals surface area contributed by atoms with Gasteiger partial charge in [-0.25, -0.2) is 4.98 Å². The van der Waals surface area contributed by atoms with Crippen molar-refractivity contribution >= 4 is 72.2 Å². The smallest absolute Gasteiger partial charge is 0.280 e. The summed E-state index contributed by atoms with van der Waals surface area (Å²) in [6.45, 7) is 0. The molecule has 0 bridgehead atoms. The number of hydrogen-bond donors (Lipinski definition) is 0. The Balaban J connectivity index is 1.54. The molecule has 0 saturated carbocycles. The number of anilines is 2. The molecule has 164 valence electrons. The van der Waals surface area contributed by atoms with Gasteiger partial charge in [-0.1, -0.05) is 33.3 Å². The summed E-state index contributed by atoms with van der Waals surface area (Å²) in [6, 6.07) is 15.5. The summed E-state index contributed by atoms with van der Waals surface area (Å²) in [5.74, 6) is -0.557. The summed E-state index contributed by atoms with van der Waals surface area (Å²) in [4.78, 5) is 43.5. The van der Waals surface area contributed by atoms with E-state index in [1.54, 1.807) is 30.3 Å². The number of thiazole rings is 1. The number of carbonyl (C=O) groups excluding carboxylic acids is 3. The van der Waals surface area contributed by atoms with E-state index in [1.807, 2.05) is 18.2 Å². The number of hydrazone groups is 1. The van der Waals surface area contributed by atoms with Crippen molar-refractivity contribution in [3.05, 3.63) is 76.7 Å². The van der Waals surface area contributed by atoms with Gasteiger partial charge in [0.15, 0.2) is 0 Å². The summed E-state index contributed by atoms with van der Waals surface area (Å²) < 4.78 is 7.08. The first-order valence-corrected chi connectivity index (χ1v) is 11.5. The van der Waals surface area contributed by atoms with E-state index in [9.17, 15) is 14.4 Å². The quantitative estimate of drug-likeness (QED) is 0.209. The standard InChI is InChI=1S/C23H15BrN4O4S/c24-15-6-7-18-19(12-15)33-23(26-18)28(25-13-17-5-2-10-32-17)22(31)14-3-1-4-16(11-14)27-20(29)8-9-21(27)30/h1-7,10-13H,8-9H2/b25-13+. The topological polar surface area (TPSA) is 96.1 Å². The van der Waals surface area contributed by atoms with Crippen molar-refractivity contribution in [2.75, 3.05) is 9.91 Å². The van der Waals surface area contributed by atoms with Gasteiger partial charge in [0.25, 0.3) is 5.91 Å². The first-order chi connectivity index (χ1) is 16.0. The molecule has 0 N–H and O–H groups in total. The molecule has 5 rings (SSSR count). The predicted octanol–water partition coefficient (Wildman–Crippen LogP) is 4.99. The summed E-state index contributed by atoms with van der Waals surface area (Å²) in [5.41, 5.74) is 1.35. The second-order valence-electron chi connectivity index (χ2n) is 7.16. The van der Waals surface area contributed by atoms with Crippen LogP contribution in [0.2, 0.25) is 0 Å². The van der Waals surface area contributed by atoms with Gasteiger partial charge in [0, 0.05) is 22.9 Å².